The van der Waals surface area contributed by atoms with Crippen molar-refractivity contribution in [3.05, 3.63) is 46.4 Å². The summed E-state index contributed by atoms with van der Waals surface area (Å²) in [6, 6.07) is 5.66. The number of piperidine rings is 1. The third-order valence-electron chi connectivity index (χ3n) is 5.64. The van der Waals surface area contributed by atoms with Crippen LogP contribution in [0.5, 0.6) is 0 Å². The standard InChI is InChI=1S/C21H31N3O2/c1-3-10-23(11-4-2)20(25)9-6-12-22-14-17-13-18(16-22)19-7-5-8-21(26)24(19)15-17/h5-9,17-18H,3-4,10-16H2,1-2H3/p+1/b9-6+/t17-,18+/m1/s1. The van der Waals surface area contributed by atoms with Crippen LogP contribution in [0.15, 0.2) is 35.1 Å². The van der Waals surface area contributed by atoms with E-state index in [9.17, 15) is 9.59 Å². The molecule has 1 aromatic rings. The first-order valence-electron chi connectivity index (χ1n) is 10.1. The lowest BCUT2D eigenvalue weighted by Gasteiger charge is -2.40. The number of nitrogens with one attached hydrogen (secondary N) is 1. The van der Waals surface area contributed by atoms with Crippen LogP contribution >= 0.6 is 0 Å². The van der Waals surface area contributed by atoms with Crippen molar-refractivity contribution in [2.45, 2.75) is 45.6 Å². The van der Waals surface area contributed by atoms with Crippen molar-refractivity contribution in [1.82, 2.24) is 9.47 Å². The SMILES string of the molecule is CCCN(CCC)C(=O)/C=C/C[NH+]1C[C@H]2C[C@@H](C1)c1cccc(=O)n1C2. The van der Waals surface area contributed by atoms with Crippen molar-refractivity contribution in [3.8, 4) is 0 Å². The number of nitrogens with zero attached hydrogens (tertiary/aromatic N) is 2. The first-order chi connectivity index (χ1) is 12.6. The van der Waals surface area contributed by atoms with Gasteiger partial charge in [0.25, 0.3) is 5.56 Å². The highest BCUT2D eigenvalue weighted by Crippen LogP contribution is 2.29. The Hall–Kier alpha value is -1.88. The minimum atomic E-state index is 0.137. The molecule has 0 aromatic carbocycles. The van der Waals surface area contributed by atoms with Gasteiger partial charge >= 0.3 is 0 Å². The molecule has 0 saturated carbocycles. The smallest absolute Gasteiger partial charge is 0.250 e. The van der Waals surface area contributed by atoms with Gasteiger partial charge in [0.2, 0.25) is 5.91 Å². The van der Waals surface area contributed by atoms with E-state index in [0.717, 1.165) is 52.1 Å². The minimum Gasteiger partial charge on any atom is -0.339 e. The van der Waals surface area contributed by atoms with Crippen molar-refractivity contribution in [3.63, 3.8) is 0 Å². The third-order valence-corrected chi connectivity index (χ3v) is 5.64. The number of rotatable bonds is 7. The lowest BCUT2D eigenvalue weighted by Crippen LogP contribution is -3.14. The Bertz CT molecular complexity index is 703. The maximum Gasteiger partial charge on any atom is 0.250 e. The molecule has 3 atom stereocenters. The average molecular weight is 359 g/mol. The van der Waals surface area contributed by atoms with Gasteiger partial charge in [-0.15, -0.1) is 0 Å². The Morgan fingerprint density at radius 3 is 2.77 bits per heavy atom. The number of aromatic nitrogens is 1. The summed E-state index contributed by atoms with van der Waals surface area (Å²) < 4.78 is 1.97. The van der Waals surface area contributed by atoms with Crippen molar-refractivity contribution < 1.29 is 9.69 Å². The van der Waals surface area contributed by atoms with Gasteiger partial charge in [-0.05, 0) is 31.4 Å². The molecule has 3 rings (SSSR count). The number of fused-ring (bicyclic) bond motifs is 4. The van der Waals surface area contributed by atoms with Crippen LogP contribution in [0.2, 0.25) is 0 Å². The predicted octanol–water partition coefficient (Wildman–Crippen LogP) is 1.06. The molecular weight excluding hydrogens is 326 g/mol. The molecule has 1 fully saturated rings. The van der Waals surface area contributed by atoms with Crippen molar-refractivity contribution in [2.75, 3.05) is 32.7 Å². The normalized spacial score (nSPS) is 24.5. The van der Waals surface area contributed by atoms with Gasteiger partial charge < -0.3 is 14.4 Å². The Labute approximate surface area is 156 Å². The summed E-state index contributed by atoms with van der Waals surface area (Å²) in [5, 5.41) is 0. The van der Waals surface area contributed by atoms with Gasteiger partial charge in [0.1, 0.15) is 0 Å². The quantitative estimate of drug-likeness (QED) is 0.741. The molecule has 1 aromatic heterocycles. The molecule has 3 heterocycles. The first kappa shape index (κ1) is 18.9. The zero-order valence-corrected chi connectivity index (χ0v) is 16.1. The highest BCUT2D eigenvalue weighted by atomic mass is 16.2. The molecule has 1 saturated heterocycles. The van der Waals surface area contributed by atoms with E-state index in [-0.39, 0.29) is 11.5 Å². The van der Waals surface area contributed by atoms with E-state index < -0.39 is 0 Å². The van der Waals surface area contributed by atoms with Gasteiger partial charge in [-0.1, -0.05) is 19.9 Å². The molecule has 2 aliphatic rings. The zero-order chi connectivity index (χ0) is 18.5. The van der Waals surface area contributed by atoms with Crippen molar-refractivity contribution in [1.29, 1.82) is 0 Å². The van der Waals surface area contributed by atoms with Gasteiger partial charge in [-0.3, -0.25) is 9.59 Å². The second-order valence-electron chi connectivity index (χ2n) is 7.79. The molecule has 0 aliphatic carbocycles. The fourth-order valence-electron chi connectivity index (χ4n) is 4.59. The number of likely N-dealkylation sites (tertiary alicyclic amines) is 1. The molecule has 1 amide bonds. The number of quaternary nitrogens is 1. The van der Waals surface area contributed by atoms with Gasteiger partial charge in [-0.2, -0.15) is 0 Å². The summed E-state index contributed by atoms with van der Waals surface area (Å²) in [6.45, 7) is 9.77. The molecule has 5 heteroatoms. The predicted molar refractivity (Wildman–Crippen MR) is 103 cm³/mol. The van der Waals surface area contributed by atoms with Crippen LogP contribution in [-0.2, 0) is 11.3 Å². The number of carbonyl (C=O) groups excluding carboxylic acids is 1. The zero-order valence-electron chi connectivity index (χ0n) is 16.1. The topological polar surface area (TPSA) is 46.8 Å². The van der Waals surface area contributed by atoms with E-state index in [0.29, 0.717) is 11.8 Å². The molecule has 5 nitrogen and oxygen atoms in total. The van der Waals surface area contributed by atoms with Crippen LogP contribution in [0.1, 0.15) is 44.7 Å². The van der Waals surface area contributed by atoms with Gasteiger partial charge in [-0.25, -0.2) is 0 Å². The lowest BCUT2D eigenvalue weighted by molar-refractivity contribution is -0.905. The van der Waals surface area contributed by atoms with E-state index in [2.05, 4.69) is 26.0 Å². The van der Waals surface area contributed by atoms with E-state index in [1.54, 1.807) is 12.1 Å². The highest BCUT2D eigenvalue weighted by molar-refractivity contribution is 5.87. The Morgan fingerprint density at radius 1 is 1.27 bits per heavy atom. The molecule has 1 N–H and O–H groups in total. The van der Waals surface area contributed by atoms with Crippen molar-refractivity contribution in [2.24, 2.45) is 5.92 Å². The van der Waals surface area contributed by atoms with Crippen LogP contribution in [0, 0.1) is 5.92 Å². The first-order valence-corrected chi connectivity index (χ1v) is 10.1. The van der Waals surface area contributed by atoms with E-state index in [1.165, 1.54) is 17.0 Å². The fraction of sp³-hybridized carbons (Fsp3) is 0.619. The summed E-state index contributed by atoms with van der Waals surface area (Å²) in [4.78, 5) is 27.9. The second kappa shape index (κ2) is 8.67. The summed E-state index contributed by atoms with van der Waals surface area (Å²) >= 11 is 0. The largest absolute Gasteiger partial charge is 0.339 e. The van der Waals surface area contributed by atoms with Crippen LogP contribution in [0.3, 0.4) is 0 Å². The van der Waals surface area contributed by atoms with Gasteiger partial charge in [0, 0.05) is 49.3 Å². The molecule has 2 bridgehead atoms. The van der Waals surface area contributed by atoms with E-state index in [4.69, 9.17) is 0 Å². The Kier molecular flexibility index (Phi) is 6.30. The molecule has 26 heavy (non-hydrogen) atoms. The van der Waals surface area contributed by atoms with Gasteiger partial charge in [0.15, 0.2) is 0 Å². The number of hydrogen-bond donors (Lipinski definition) is 1. The summed E-state index contributed by atoms with van der Waals surface area (Å²) in [5.41, 5.74) is 1.33. The monoisotopic (exact) mass is 358 g/mol. The Balaban J connectivity index is 1.59. The number of carbonyl (C=O) groups is 1. The van der Waals surface area contributed by atoms with E-state index in [1.807, 2.05) is 15.5 Å². The summed E-state index contributed by atoms with van der Waals surface area (Å²) in [5.74, 6) is 1.17. The molecule has 142 valence electrons. The Morgan fingerprint density at radius 2 is 2.04 bits per heavy atom. The maximum atomic E-state index is 12.4. The minimum absolute atomic E-state index is 0.137. The lowest BCUT2D eigenvalue weighted by atomic mass is 9.83. The highest BCUT2D eigenvalue weighted by Gasteiger charge is 2.36. The fourth-order valence-corrected chi connectivity index (χ4v) is 4.59. The van der Waals surface area contributed by atoms with Crippen LogP contribution in [0.4, 0.5) is 0 Å². The number of amides is 1. The average Bonchev–Trinajstić information content (AvgIpc) is 2.62. The number of hydrogen-bond acceptors (Lipinski definition) is 2. The molecule has 0 radical (unpaired) electrons. The third kappa shape index (κ3) is 4.26. The second-order valence-corrected chi connectivity index (χ2v) is 7.79. The van der Waals surface area contributed by atoms with Gasteiger partial charge in [0.05, 0.1) is 19.6 Å². The van der Waals surface area contributed by atoms with Crippen LogP contribution in [0.25, 0.3) is 0 Å². The molecule has 1 unspecified atom stereocenters. The van der Waals surface area contributed by atoms with Crippen molar-refractivity contribution >= 4 is 5.91 Å². The molecule has 0 spiro atoms. The van der Waals surface area contributed by atoms with E-state index >= 15 is 0 Å². The summed E-state index contributed by atoms with van der Waals surface area (Å²) in [6.07, 6.45) is 7.00. The molecule has 2 aliphatic heterocycles. The number of pyridine rings is 1. The summed E-state index contributed by atoms with van der Waals surface area (Å²) in [7, 11) is 0. The molecular formula is C21H32N3O2+. The van der Waals surface area contributed by atoms with Crippen LogP contribution < -0.4 is 10.5 Å². The van der Waals surface area contributed by atoms with Crippen LogP contribution in [-0.4, -0.2) is 48.1 Å². The maximum absolute atomic E-state index is 12.4.